The van der Waals surface area contributed by atoms with E-state index in [0.29, 0.717) is 30.1 Å². The highest BCUT2D eigenvalue weighted by Crippen LogP contribution is 2.57. The van der Waals surface area contributed by atoms with E-state index >= 15 is 0 Å². The fraction of sp³-hybridized carbons (Fsp3) is 0.773. The predicted octanol–water partition coefficient (Wildman–Crippen LogP) is 3.38. The number of rotatable bonds is 5. The molecule has 3 aliphatic rings. The van der Waals surface area contributed by atoms with E-state index in [0.717, 1.165) is 32.1 Å². The lowest BCUT2D eigenvalue weighted by molar-refractivity contribution is -0.136. The van der Waals surface area contributed by atoms with Gasteiger partial charge in [0.1, 0.15) is 6.10 Å². The number of aliphatic carboxylic acids is 1. The lowest BCUT2D eigenvalue weighted by Gasteiger charge is -2.54. The van der Waals surface area contributed by atoms with Crippen molar-refractivity contribution < 1.29 is 20.1 Å². The number of carboxylic acids is 1. The molecule has 6 atom stereocenters. The van der Waals surface area contributed by atoms with Gasteiger partial charge in [0.25, 0.3) is 0 Å². The van der Waals surface area contributed by atoms with Crippen LogP contribution in [0.5, 0.6) is 0 Å². The predicted molar refractivity (Wildman–Crippen MR) is 100 cm³/mol. The monoisotopic (exact) mass is 360 g/mol. The molecule has 0 aromatic heterocycles. The largest absolute Gasteiger partial charge is 0.481 e. The molecule has 0 aliphatic heterocycles. The van der Waals surface area contributed by atoms with Crippen LogP contribution in [0.4, 0.5) is 0 Å². The average Bonchev–Trinajstić information content (AvgIpc) is 3.13. The van der Waals surface area contributed by atoms with Gasteiger partial charge in [0, 0.05) is 6.42 Å². The van der Waals surface area contributed by atoms with E-state index in [2.05, 4.69) is 24.8 Å². The van der Waals surface area contributed by atoms with Crippen LogP contribution in [-0.4, -0.2) is 33.5 Å². The standard InChI is InChI=1S/C22H32O4/c1-2-15-16(8-5-9-21(25)26)17-10-13-20(24)18(22(15)17)11-12-19(23)14-6-3-4-7-14/h8,14-15,17-20,22-24H,2-7,9-10,13H2,1H3,(H,25,26)/t15?,17-,18+,19?,20-,22+/m1/s1. The molecular weight excluding hydrogens is 328 g/mol. The Morgan fingerprint density at radius 2 is 2.00 bits per heavy atom. The van der Waals surface area contributed by atoms with Crippen LogP contribution in [0.25, 0.3) is 0 Å². The maximum absolute atomic E-state index is 10.8. The molecule has 0 radical (unpaired) electrons. The molecule has 4 nitrogen and oxygen atoms in total. The van der Waals surface area contributed by atoms with Gasteiger partial charge in [-0.2, -0.15) is 0 Å². The summed E-state index contributed by atoms with van der Waals surface area (Å²) in [6.07, 6.45) is 9.11. The van der Waals surface area contributed by atoms with E-state index in [1.54, 1.807) is 0 Å². The van der Waals surface area contributed by atoms with Gasteiger partial charge in [-0.1, -0.05) is 43.3 Å². The summed E-state index contributed by atoms with van der Waals surface area (Å²) in [5.74, 6) is 7.00. The number of carbonyl (C=O) groups is 1. The molecule has 0 heterocycles. The van der Waals surface area contributed by atoms with Crippen LogP contribution in [0.15, 0.2) is 11.6 Å². The Kier molecular flexibility index (Phi) is 6.42. The van der Waals surface area contributed by atoms with E-state index < -0.39 is 18.2 Å². The Morgan fingerprint density at radius 3 is 2.65 bits per heavy atom. The smallest absolute Gasteiger partial charge is 0.303 e. The molecule has 0 saturated heterocycles. The number of fused-ring (bicyclic) bond motifs is 1. The maximum Gasteiger partial charge on any atom is 0.303 e. The number of aliphatic hydroxyl groups is 2. The van der Waals surface area contributed by atoms with Crippen LogP contribution < -0.4 is 0 Å². The molecule has 0 amide bonds. The van der Waals surface area contributed by atoms with Crippen molar-refractivity contribution in [2.75, 3.05) is 0 Å². The molecule has 0 aromatic rings. The fourth-order valence-electron chi connectivity index (χ4n) is 5.47. The summed E-state index contributed by atoms with van der Waals surface area (Å²) >= 11 is 0. The van der Waals surface area contributed by atoms with Crippen molar-refractivity contribution in [3.8, 4) is 11.8 Å². The average molecular weight is 360 g/mol. The molecule has 2 unspecified atom stereocenters. The van der Waals surface area contributed by atoms with Gasteiger partial charge in [0.05, 0.1) is 12.0 Å². The van der Waals surface area contributed by atoms with Crippen LogP contribution in [-0.2, 0) is 4.79 Å². The molecular formula is C22H32O4. The van der Waals surface area contributed by atoms with Crippen LogP contribution in [0.2, 0.25) is 0 Å². The minimum Gasteiger partial charge on any atom is -0.481 e. The van der Waals surface area contributed by atoms with E-state index in [-0.39, 0.29) is 12.3 Å². The Labute approximate surface area is 156 Å². The van der Waals surface area contributed by atoms with Crippen molar-refractivity contribution in [3.63, 3.8) is 0 Å². The van der Waals surface area contributed by atoms with Gasteiger partial charge in [-0.3, -0.25) is 4.79 Å². The summed E-state index contributed by atoms with van der Waals surface area (Å²) in [5.41, 5.74) is 1.38. The normalized spacial score (nSPS) is 36.7. The molecule has 4 heteroatoms. The number of aliphatic hydroxyl groups excluding tert-OH is 2. The first-order valence-electron chi connectivity index (χ1n) is 10.3. The second-order valence-corrected chi connectivity index (χ2v) is 8.28. The number of hydrogen-bond donors (Lipinski definition) is 3. The van der Waals surface area contributed by atoms with Crippen molar-refractivity contribution in [2.24, 2.45) is 29.6 Å². The summed E-state index contributed by atoms with van der Waals surface area (Å²) in [6, 6.07) is 0. The van der Waals surface area contributed by atoms with Crippen LogP contribution in [0.1, 0.15) is 64.7 Å². The molecule has 0 spiro atoms. The third kappa shape index (κ3) is 4.00. The third-order valence-corrected chi connectivity index (χ3v) is 6.81. The quantitative estimate of drug-likeness (QED) is 0.519. The number of hydrogen-bond acceptors (Lipinski definition) is 3. The molecule has 3 saturated carbocycles. The molecule has 3 rings (SSSR count). The van der Waals surface area contributed by atoms with Gasteiger partial charge in [-0.05, 0) is 62.2 Å². The second kappa shape index (κ2) is 8.59. The van der Waals surface area contributed by atoms with Gasteiger partial charge in [-0.15, -0.1) is 0 Å². The minimum atomic E-state index is -0.755. The SMILES string of the molecule is CCC1C(=CCCC(=O)O)[C@H]2CC[C@@H](O)[C@H](C#CC(O)C3CCCC3)[C@@H]12. The van der Waals surface area contributed by atoms with E-state index in [1.807, 2.05) is 0 Å². The van der Waals surface area contributed by atoms with Crippen molar-refractivity contribution >= 4 is 5.97 Å². The minimum absolute atomic E-state index is 0.0635. The van der Waals surface area contributed by atoms with Gasteiger partial charge in [-0.25, -0.2) is 0 Å². The molecule has 144 valence electrons. The highest BCUT2D eigenvalue weighted by molar-refractivity contribution is 5.66. The Balaban J connectivity index is 1.70. The highest BCUT2D eigenvalue weighted by atomic mass is 16.4. The zero-order valence-corrected chi connectivity index (χ0v) is 15.7. The first-order valence-corrected chi connectivity index (χ1v) is 10.3. The van der Waals surface area contributed by atoms with Crippen molar-refractivity contribution in [1.82, 2.24) is 0 Å². The topological polar surface area (TPSA) is 77.8 Å². The van der Waals surface area contributed by atoms with Gasteiger partial charge in [0.15, 0.2) is 0 Å². The molecule has 3 N–H and O–H groups in total. The molecule has 3 fully saturated rings. The molecule has 0 bridgehead atoms. The molecule has 0 aromatic carbocycles. The Bertz CT molecular complexity index is 585. The van der Waals surface area contributed by atoms with Crippen LogP contribution in [0, 0.1) is 41.4 Å². The molecule has 3 aliphatic carbocycles. The summed E-state index contributed by atoms with van der Waals surface area (Å²) in [4.78, 5) is 10.8. The maximum atomic E-state index is 10.8. The second-order valence-electron chi connectivity index (χ2n) is 8.28. The summed E-state index contributed by atoms with van der Waals surface area (Å²) in [7, 11) is 0. The number of allylic oxidation sites excluding steroid dienone is 2. The van der Waals surface area contributed by atoms with Crippen molar-refractivity contribution in [1.29, 1.82) is 0 Å². The van der Waals surface area contributed by atoms with E-state index in [9.17, 15) is 15.0 Å². The summed E-state index contributed by atoms with van der Waals surface area (Å²) in [6.45, 7) is 2.16. The lowest BCUT2D eigenvalue weighted by atomic mass is 9.50. The highest BCUT2D eigenvalue weighted by Gasteiger charge is 2.52. The first kappa shape index (κ1) is 19.5. The first-order chi connectivity index (χ1) is 12.5. The Morgan fingerprint density at radius 1 is 1.27 bits per heavy atom. The van der Waals surface area contributed by atoms with Gasteiger partial charge in [0.2, 0.25) is 0 Å². The number of carboxylic acid groups (broad SMARTS) is 1. The van der Waals surface area contributed by atoms with E-state index in [4.69, 9.17) is 5.11 Å². The van der Waals surface area contributed by atoms with Crippen LogP contribution in [0.3, 0.4) is 0 Å². The summed E-state index contributed by atoms with van der Waals surface area (Å²) < 4.78 is 0. The molecule has 26 heavy (non-hydrogen) atoms. The van der Waals surface area contributed by atoms with E-state index in [1.165, 1.54) is 18.4 Å². The fourth-order valence-corrected chi connectivity index (χ4v) is 5.47. The van der Waals surface area contributed by atoms with Gasteiger partial charge < -0.3 is 15.3 Å². The lowest BCUT2D eigenvalue weighted by Crippen LogP contribution is -2.50. The zero-order chi connectivity index (χ0) is 18.7. The Hall–Kier alpha value is -1.31. The van der Waals surface area contributed by atoms with Gasteiger partial charge >= 0.3 is 5.97 Å². The zero-order valence-electron chi connectivity index (χ0n) is 15.7. The third-order valence-electron chi connectivity index (χ3n) is 6.81. The summed E-state index contributed by atoms with van der Waals surface area (Å²) in [5, 5.41) is 29.8. The van der Waals surface area contributed by atoms with Crippen molar-refractivity contribution in [2.45, 2.75) is 76.9 Å². The van der Waals surface area contributed by atoms with Crippen LogP contribution >= 0.6 is 0 Å². The van der Waals surface area contributed by atoms with Crippen molar-refractivity contribution in [3.05, 3.63) is 11.6 Å².